The molecule has 1 aromatic rings. The van der Waals surface area contributed by atoms with Gasteiger partial charge >= 0.3 is 0 Å². The average molecular weight is 228 g/mol. The van der Waals surface area contributed by atoms with Gasteiger partial charge in [0.25, 0.3) is 0 Å². The van der Waals surface area contributed by atoms with E-state index in [4.69, 9.17) is 0 Å². The summed E-state index contributed by atoms with van der Waals surface area (Å²) in [5.74, 6) is 2.56. The first-order chi connectivity index (χ1) is 8.31. The maximum atomic E-state index is 3.86. The molecule has 1 atom stereocenters. The van der Waals surface area contributed by atoms with Crippen LogP contribution in [0.2, 0.25) is 0 Å². The Morgan fingerprint density at radius 1 is 1.18 bits per heavy atom. The lowest BCUT2D eigenvalue weighted by molar-refractivity contribution is 0.247. The van der Waals surface area contributed by atoms with Crippen molar-refractivity contribution in [1.29, 1.82) is 0 Å². The van der Waals surface area contributed by atoms with Crippen LogP contribution in [-0.4, -0.2) is 0 Å². The van der Waals surface area contributed by atoms with Crippen molar-refractivity contribution in [3.05, 3.63) is 48.6 Å². The Bertz CT molecular complexity index is 330. The highest BCUT2D eigenvalue weighted by atomic mass is 14.3. The molecule has 0 aliphatic heterocycles. The van der Waals surface area contributed by atoms with Crippen LogP contribution in [0, 0.1) is 11.8 Å². The van der Waals surface area contributed by atoms with Crippen molar-refractivity contribution in [2.24, 2.45) is 11.8 Å². The highest BCUT2D eigenvalue weighted by Crippen LogP contribution is 2.39. The molecule has 1 aliphatic rings. The van der Waals surface area contributed by atoms with E-state index < -0.39 is 0 Å². The molecule has 0 spiro atoms. The van der Waals surface area contributed by atoms with E-state index in [2.05, 4.69) is 49.9 Å². The van der Waals surface area contributed by atoms with E-state index in [0.717, 1.165) is 17.8 Å². The Morgan fingerprint density at radius 3 is 2.41 bits per heavy atom. The molecule has 0 amide bonds. The van der Waals surface area contributed by atoms with E-state index in [0.29, 0.717) is 0 Å². The Morgan fingerprint density at radius 2 is 1.82 bits per heavy atom. The van der Waals surface area contributed by atoms with E-state index in [1.807, 2.05) is 0 Å². The molecule has 0 N–H and O–H groups in total. The summed E-state index contributed by atoms with van der Waals surface area (Å²) in [6.07, 6.45) is 8.80. The van der Waals surface area contributed by atoms with Gasteiger partial charge in [0.2, 0.25) is 0 Å². The summed E-state index contributed by atoms with van der Waals surface area (Å²) in [4.78, 5) is 0. The number of rotatable bonds is 4. The molecule has 0 heteroatoms. The first-order valence-corrected chi connectivity index (χ1v) is 6.97. The number of hydrogen-bond acceptors (Lipinski definition) is 0. The fourth-order valence-corrected chi connectivity index (χ4v) is 3.20. The van der Waals surface area contributed by atoms with E-state index in [9.17, 15) is 0 Å². The first kappa shape index (κ1) is 12.4. The van der Waals surface area contributed by atoms with Gasteiger partial charge in [-0.15, -0.1) is 6.58 Å². The van der Waals surface area contributed by atoms with Gasteiger partial charge in [0.05, 0.1) is 0 Å². The van der Waals surface area contributed by atoms with Crippen LogP contribution in [0.1, 0.15) is 50.5 Å². The predicted octanol–water partition coefficient (Wildman–Crippen LogP) is 5.17. The molecule has 1 unspecified atom stereocenters. The standard InChI is InChI=1S/C17H24/c1-3-7-14(2)15-10-12-17(13-11-15)16-8-5-4-6-9-16/h3-6,8-9,14-15,17H,1,7,10-13H2,2H3. The molecule has 0 aromatic heterocycles. The minimum Gasteiger partial charge on any atom is -0.103 e. The Hall–Kier alpha value is -1.04. The van der Waals surface area contributed by atoms with Crippen molar-refractivity contribution in [3.8, 4) is 0 Å². The van der Waals surface area contributed by atoms with E-state index in [-0.39, 0.29) is 0 Å². The van der Waals surface area contributed by atoms with Crippen molar-refractivity contribution in [2.75, 3.05) is 0 Å². The largest absolute Gasteiger partial charge is 0.103 e. The van der Waals surface area contributed by atoms with Crippen LogP contribution < -0.4 is 0 Å². The van der Waals surface area contributed by atoms with Crippen LogP contribution in [0.15, 0.2) is 43.0 Å². The Labute approximate surface area is 106 Å². The zero-order valence-electron chi connectivity index (χ0n) is 10.9. The van der Waals surface area contributed by atoms with Gasteiger partial charge in [-0.2, -0.15) is 0 Å². The molecule has 1 saturated carbocycles. The third-order valence-electron chi connectivity index (χ3n) is 4.39. The maximum absolute atomic E-state index is 3.86. The third-order valence-corrected chi connectivity index (χ3v) is 4.39. The smallest absolute Gasteiger partial charge is 0.0162 e. The normalized spacial score (nSPS) is 26.4. The van der Waals surface area contributed by atoms with E-state index >= 15 is 0 Å². The van der Waals surface area contributed by atoms with Gasteiger partial charge in [0, 0.05) is 0 Å². The molecule has 0 bridgehead atoms. The minimum absolute atomic E-state index is 0.809. The van der Waals surface area contributed by atoms with Gasteiger partial charge in [-0.1, -0.05) is 43.3 Å². The van der Waals surface area contributed by atoms with E-state index in [1.54, 1.807) is 5.56 Å². The summed E-state index contributed by atoms with van der Waals surface area (Å²) < 4.78 is 0. The molecule has 92 valence electrons. The van der Waals surface area contributed by atoms with Gasteiger partial charge in [-0.25, -0.2) is 0 Å². The monoisotopic (exact) mass is 228 g/mol. The molecule has 17 heavy (non-hydrogen) atoms. The third kappa shape index (κ3) is 3.21. The van der Waals surface area contributed by atoms with Crippen LogP contribution in [0.5, 0.6) is 0 Å². The molecule has 1 aromatic carbocycles. The fourth-order valence-electron chi connectivity index (χ4n) is 3.20. The second-order valence-corrected chi connectivity index (χ2v) is 5.52. The molecule has 0 nitrogen and oxygen atoms in total. The van der Waals surface area contributed by atoms with Crippen LogP contribution in [-0.2, 0) is 0 Å². The predicted molar refractivity (Wildman–Crippen MR) is 75.1 cm³/mol. The summed E-state index contributed by atoms with van der Waals surface area (Å²) in [5.41, 5.74) is 1.54. The molecular weight excluding hydrogens is 204 g/mol. The number of allylic oxidation sites excluding steroid dienone is 1. The second kappa shape index (κ2) is 6.05. The summed E-state index contributed by atoms with van der Waals surface area (Å²) in [6, 6.07) is 11.0. The zero-order chi connectivity index (χ0) is 12.1. The van der Waals surface area contributed by atoms with Crippen molar-refractivity contribution in [3.63, 3.8) is 0 Å². The van der Waals surface area contributed by atoms with Crippen molar-refractivity contribution in [2.45, 2.75) is 44.9 Å². The molecule has 0 heterocycles. The quantitative estimate of drug-likeness (QED) is 0.623. The van der Waals surface area contributed by atoms with Crippen molar-refractivity contribution < 1.29 is 0 Å². The minimum atomic E-state index is 0.809. The molecule has 0 radical (unpaired) electrons. The average Bonchev–Trinajstić information content (AvgIpc) is 2.40. The summed E-state index contributed by atoms with van der Waals surface area (Å²) in [6.45, 7) is 6.24. The van der Waals surface area contributed by atoms with Crippen LogP contribution in [0.4, 0.5) is 0 Å². The molecule has 1 fully saturated rings. The lowest BCUT2D eigenvalue weighted by atomic mass is 9.73. The van der Waals surface area contributed by atoms with E-state index in [1.165, 1.54) is 32.1 Å². The maximum Gasteiger partial charge on any atom is -0.0162 e. The number of hydrogen-bond donors (Lipinski definition) is 0. The Kier molecular flexibility index (Phi) is 4.42. The van der Waals surface area contributed by atoms with Crippen molar-refractivity contribution in [1.82, 2.24) is 0 Å². The molecular formula is C17H24. The second-order valence-electron chi connectivity index (χ2n) is 5.52. The van der Waals surface area contributed by atoms with Gasteiger partial charge < -0.3 is 0 Å². The lowest BCUT2D eigenvalue weighted by Gasteiger charge is -2.32. The zero-order valence-corrected chi connectivity index (χ0v) is 10.9. The van der Waals surface area contributed by atoms with Crippen LogP contribution in [0.25, 0.3) is 0 Å². The summed E-state index contributed by atoms with van der Waals surface area (Å²) in [5, 5.41) is 0. The molecule has 1 aliphatic carbocycles. The van der Waals surface area contributed by atoms with Gasteiger partial charge in [0.1, 0.15) is 0 Å². The van der Waals surface area contributed by atoms with Crippen LogP contribution >= 0.6 is 0 Å². The Balaban J connectivity index is 1.88. The first-order valence-electron chi connectivity index (χ1n) is 6.97. The fraction of sp³-hybridized carbons (Fsp3) is 0.529. The van der Waals surface area contributed by atoms with Crippen LogP contribution in [0.3, 0.4) is 0 Å². The topological polar surface area (TPSA) is 0 Å². The SMILES string of the molecule is C=CCC(C)C1CCC(c2ccccc2)CC1. The summed E-state index contributed by atoms with van der Waals surface area (Å²) >= 11 is 0. The number of benzene rings is 1. The highest BCUT2D eigenvalue weighted by Gasteiger charge is 2.25. The summed E-state index contributed by atoms with van der Waals surface area (Å²) in [7, 11) is 0. The van der Waals surface area contributed by atoms with Gasteiger partial charge in [-0.3, -0.25) is 0 Å². The highest BCUT2D eigenvalue weighted by molar-refractivity contribution is 5.19. The van der Waals surface area contributed by atoms with Gasteiger partial charge in [0.15, 0.2) is 0 Å². The molecule has 0 saturated heterocycles. The lowest BCUT2D eigenvalue weighted by Crippen LogP contribution is -2.19. The van der Waals surface area contributed by atoms with Crippen molar-refractivity contribution >= 4 is 0 Å². The van der Waals surface area contributed by atoms with Gasteiger partial charge in [-0.05, 0) is 55.4 Å². The molecule has 2 rings (SSSR count).